The van der Waals surface area contributed by atoms with Crippen LogP contribution in [-0.4, -0.2) is 11.1 Å². The number of hydrogen-bond acceptors (Lipinski definition) is 3. The SMILES string of the molecule is CC(C)C(=O)OC(c1ccccc1)C(O)c1ccccc1. The molecule has 2 rings (SSSR count). The first-order valence-electron chi connectivity index (χ1n) is 7.08. The second kappa shape index (κ2) is 7.04. The van der Waals surface area contributed by atoms with Gasteiger partial charge in [-0.05, 0) is 11.1 Å². The fourth-order valence-electron chi connectivity index (χ4n) is 2.04. The van der Waals surface area contributed by atoms with Gasteiger partial charge in [-0.25, -0.2) is 0 Å². The maximum absolute atomic E-state index is 11.9. The molecule has 1 N–H and O–H groups in total. The van der Waals surface area contributed by atoms with Gasteiger partial charge in [-0.15, -0.1) is 0 Å². The summed E-state index contributed by atoms with van der Waals surface area (Å²) in [5, 5.41) is 10.6. The van der Waals surface area contributed by atoms with E-state index in [1.54, 1.807) is 13.8 Å². The van der Waals surface area contributed by atoms with Gasteiger partial charge in [0, 0.05) is 0 Å². The van der Waals surface area contributed by atoms with Crippen molar-refractivity contribution in [1.29, 1.82) is 0 Å². The van der Waals surface area contributed by atoms with Crippen LogP contribution in [0, 0.1) is 5.92 Å². The highest BCUT2D eigenvalue weighted by Gasteiger charge is 2.27. The molecule has 0 aromatic heterocycles. The largest absolute Gasteiger partial charge is 0.454 e. The molecule has 0 aliphatic rings. The van der Waals surface area contributed by atoms with E-state index in [0.29, 0.717) is 0 Å². The lowest BCUT2D eigenvalue weighted by Crippen LogP contribution is -2.21. The third kappa shape index (κ3) is 3.92. The quantitative estimate of drug-likeness (QED) is 0.852. The second-order valence-electron chi connectivity index (χ2n) is 5.28. The van der Waals surface area contributed by atoms with E-state index < -0.39 is 12.2 Å². The highest BCUT2D eigenvalue weighted by atomic mass is 16.6. The van der Waals surface area contributed by atoms with Gasteiger partial charge < -0.3 is 9.84 Å². The molecule has 0 radical (unpaired) electrons. The van der Waals surface area contributed by atoms with Gasteiger partial charge in [0.15, 0.2) is 6.10 Å². The molecule has 0 heterocycles. The van der Waals surface area contributed by atoms with Crippen molar-refractivity contribution in [2.75, 3.05) is 0 Å². The highest BCUT2D eigenvalue weighted by molar-refractivity contribution is 5.71. The normalized spacial score (nSPS) is 13.7. The minimum Gasteiger partial charge on any atom is -0.454 e. The molecule has 0 aliphatic heterocycles. The molecule has 0 aliphatic carbocycles. The summed E-state index contributed by atoms with van der Waals surface area (Å²) in [5.41, 5.74) is 1.51. The zero-order valence-corrected chi connectivity index (χ0v) is 12.3. The van der Waals surface area contributed by atoms with Crippen molar-refractivity contribution in [2.45, 2.75) is 26.1 Å². The van der Waals surface area contributed by atoms with Crippen LogP contribution in [0.15, 0.2) is 60.7 Å². The van der Waals surface area contributed by atoms with Crippen molar-refractivity contribution in [2.24, 2.45) is 5.92 Å². The predicted octanol–water partition coefficient (Wildman–Crippen LogP) is 3.66. The van der Waals surface area contributed by atoms with E-state index >= 15 is 0 Å². The van der Waals surface area contributed by atoms with Crippen molar-refractivity contribution >= 4 is 5.97 Å². The molecule has 2 aromatic rings. The van der Waals surface area contributed by atoms with Gasteiger partial charge in [0.25, 0.3) is 0 Å². The van der Waals surface area contributed by atoms with Crippen molar-refractivity contribution in [3.8, 4) is 0 Å². The third-order valence-corrected chi connectivity index (χ3v) is 3.27. The summed E-state index contributed by atoms with van der Waals surface area (Å²) in [6.45, 7) is 3.55. The Bertz CT molecular complexity index is 564. The van der Waals surface area contributed by atoms with E-state index in [1.165, 1.54) is 0 Å². The van der Waals surface area contributed by atoms with Crippen LogP contribution in [0.1, 0.15) is 37.2 Å². The number of carbonyl (C=O) groups excluding carboxylic acids is 1. The van der Waals surface area contributed by atoms with Gasteiger partial charge >= 0.3 is 5.97 Å². The Morgan fingerprint density at radius 1 is 0.905 bits per heavy atom. The predicted molar refractivity (Wildman–Crippen MR) is 81.5 cm³/mol. The van der Waals surface area contributed by atoms with Crippen LogP contribution >= 0.6 is 0 Å². The Morgan fingerprint density at radius 3 is 1.86 bits per heavy atom. The van der Waals surface area contributed by atoms with Crippen LogP contribution in [0.4, 0.5) is 0 Å². The van der Waals surface area contributed by atoms with Crippen molar-refractivity contribution in [3.63, 3.8) is 0 Å². The smallest absolute Gasteiger partial charge is 0.309 e. The summed E-state index contributed by atoms with van der Waals surface area (Å²) in [4.78, 5) is 11.9. The molecule has 0 amide bonds. The van der Waals surface area contributed by atoms with E-state index in [1.807, 2.05) is 60.7 Å². The molecule has 2 aromatic carbocycles. The molecule has 2 atom stereocenters. The van der Waals surface area contributed by atoms with Gasteiger partial charge in [0.05, 0.1) is 5.92 Å². The molecule has 0 saturated carbocycles. The number of aliphatic hydroxyl groups is 1. The number of ether oxygens (including phenoxy) is 1. The van der Waals surface area contributed by atoms with Gasteiger partial charge in [0.1, 0.15) is 6.10 Å². The molecule has 0 fully saturated rings. The summed E-state index contributed by atoms with van der Waals surface area (Å²) < 4.78 is 5.53. The molecule has 0 spiro atoms. The number of rotatable bonds is 5. The summed E-state index contributed by atoms with van der Waals surface area (Å²) in [6, 6.07) is 18.6. The van der Waals surface area contributed by atoms with Crippen molar-refractivity contribution in [1.82, 2.24) is 0 Å². The molecule has 3 nitrogen and oxygen atoms in total. The van der Waals surface area contributed by atoms with Crippen LogP contribution in [0.3, 0.4) is 0 Å². The number of hydrogen-bond donors (Lipinski definition) is 1. The van der Waals surface area contributed by atoms with E-state index in [9.17, 15) is 9.90 Å². The Morgan fingerprint density at radius 2 is 1.38 bits per heavy atom. The minimum atomic E-state index is -0.892. The monoisotopic (exact) mass is 284 g/mol. The third-order valence-electron chi connectivity index (χ3n) is 3.27. The first-order valence-corrected chi connectivity index (χ1v) is 7.08. The maximum atomic E-state index is 11.9. The highest BCUT2D eigenvalue weighted by Crippen LogP contribution is 2.32. The minimum absolute atomic E-state index is 0.237. The van der Waals surface area contributed by atoms with E-state index in [-0.39, 0.29) is 11.9 Å². The second-order valence-corrected chi connectivity index (χ2v) is 5.28. The number of esters is 1. The van der Waals surface area contributed by atoms with Crippen molar-refractivity contribution < 1.29 is 14.6 Å². The van der Waals surface area contributed by atoms with E-state index in [0.717, 1.165) is 11.1 Å². The van der Waals surface area contributed by atoms with Crippen LogP contribution in [0.2, 0.25) is 0 Å². The molecular weight excluding hydrogens is 264 g/mol. The fraction of sp³-hybridized carbons (Fsp3) is 0.278. The standard InChI is InChI=1S/C18H20O3/c1-13(2)18(20)21-17(15-11-7-4-8-12-15)16(19)14-9-5-3-6-10-14/h3-13,16-17,19H,1-2H3. The topological polar surface area (TPSA) is 46.5 Å². The Hall–Kier alpha value is -2.13. The first kappa shape index (κ1) is 15.3. The van der Waals surface area contributed by atoms with Crippen LogP contribution < -0.4 is 0 Å². The van der Waals surface area contributed by atoms with Crippen LogP contribution in [0.25, 0.3) is 0 Å². The Labute approximate surface area is 125 Å². The lowest BCUT2D eigenvalue weighted by Gasteiger charge is -2.24. The van der Waals surface area contributed by atoms with Crippen LogP contribution in [0.5, 0.6) is 0 Å². The zero-order chi connectivity index (χ0) is 15.2. The number of aliphatic hydroxyl groups excluding tert-OH is 1. The summed E-state index contributed by atoms with van der Waals surface area (Å²) in [5.74, 6) is -0.557. The summed E-state index contributed by atoms with van der Waals surface area (Å²) >= 11 is 0. The average molecular weight is 284 g/mol. The molecule has 110 valence electrons. The molecule has 3 heteroatoms. The molecule has 2 unspecified atom stereocenters. The number of benzene rings is 2. The molecular formula is C18H20O3. The van der Waals surface area contributed by atoms with Gasteiger partial charge in [0.2, 0.25) is 0 Å². The van der Waals surface area contributed by atoms with E-state index in [4.69, 9.17) is 4.74 Å². The lowest BCUT2D eigenvalue weighted by atomic mass is 9.98. The summed E-state index contributed by atoms with van der Waals surface area (Å²) in [6.07, 6.45) is -1.60. The first-order chi connectivity index (χ1) is 10.1. The Balaban J connectivity index is 2.30. The summed E-state index contributed by atoms with van der Waals surface area (Å²) in [7, 11) is 0. The Kier molecular flexibility index (Phi) is 5.12. The van der Waals surface area contributed by atoms with Gasteiger partial charge in [-0.3, -0.25) is 4.79 Å². The average Bonchev–Trinajstić information content (AvgIpc) is 2.53. The van der Waals surface area contributed by atoms with Gasteiger partial charge in [-0.1, -0.05) is 74.5 Å². The lowest BCUT2D eigenvalue weighted by molar-refractivity contribution is -0.160. The molecule has 0 saturated heterocycles. The number of carbonyl (C=O) groups is 1. The zero-order valence-electron chi connectivity index (χ0n) is 12.3. The molecule has 21 heavy (non-hydrogen) atoms. The van der Waals surface area contributed by atoms with E-state index in [2.05, 4.69) is 0 Å². The molecule has 0 bridgehead atoms. The van der Waals surface area contributed by atoms with Crippen LogP contribution in [-0.2, 0) is 9.53 Å². The fourth-order valence-corrected chi connectivity index (χ4v) is 2.04. The van der Waals surface area contributed by atoms with Gasteiger partial charge in [-0.2, -0.15) is 0 Å². The van der Waals surface area contributed by atoms with Crippen molar-refractivity contribution in [3.05, 3.63) is 71.8 Å². The maximum Gasteiger partial charge on any atom is 0.309 e.